The van der Waals surface area contributed by atoms with Crippen molar-refractivity contribution in [3.8, 4) is 11.5 Å². The maximum absolute atomic E-state index is 12.0. The number of ether oxygens (including phenoxy) is 1. The summed E-state index contributed by atoms with van der Waals surface area (Å²) in [4.78, 5) is 12.0. The molecule has 0 aliphatic rings. The number of anilines is 1. The van der Waals surface area contributed by atoms with Crippen LogP contribution in [-0.4, -0.2) is 22.7 Å². The second-order valence-electron chi connectivity index (χ2n) is 5.18. The molecule has 0 heterocycles. The number of nitrogen functional groups attached to an aromatic ring is 1. The Morgan fingerprint density at radius 1 is 1.53 bits per heavy atom. The summed E-state index contributed by atoms with van der Waals surface area (Å²) in [5, 5.41) is 12.4. The summed E-state index contributed by atoms with van der Waals surface area (Å²) in [5.74, 6) is 0.0329. The van der Waals surface area contributed by atoms with Gasteiger partial charge in [0.1, 0.15) is 17.2 Å². The standard InChI is InChI=1S/C14H22N2O3/c1-5-14(3,4)16-13(18)9(2)19-11-8-6-7-10(17)12(11)15/h6-9,17H,5,15H2,1-4H3,(H,16,18). The number of phenols is 1. The van der Waals surface area contributed by atoms with Gasteiger partial charge in [0.25, 0.3) is 5.91 Å². The number of hydrogen-bond acceptors (Lipinski definition) is 4. The van der Waals surface area contributed by atoms with Crippen LogP contribution >= 0.6 is 0 Å². The molecule has 0 radical (unpaired) electrons. The molecule has 5 nitrogen and oxygen atoms in total. The van der Waals surface area contributed by atoms with Gasteiger partial charge in [0, 0.05) is 5.54 Å². The predicted octanol–water partition coefficient (Wildman–Crippen LogP) is 2.05. The van der Waals surface area contributed by atoms with E-state index in [4.69, 9.17) is 10.5 Å². The average molecular weight is 266 g/mol. The van der Waals surface area contributed by atoms with Gasteiger partial charge in [-0.15, -0.1) is 0 Å². The molecule has 19 heavy (non-hydrogen) atoms. The zero-order valence-corrected chi connectivity index (χ0v) is 11.9. The number of para-hydroxylation sites is 1. The smallest absolute Gasteiger partial charge is 0.261 e. The summed E-state index contributed by atoms with van der Waals surface area (Å²) in [7, 11) is 0. The lowest BCUT2D eigenvalue weighted by molar-refractivity contribution is -0.128. The SMILES string of the molecule is CCC(C)(C)NC(=O)C(C)Oc1cccc(O)c1N. The summed E-state index contributed by atoms with van der Waals surface area (Å²) in [6, 6.07) is 4.69. The number of amides is 1. The maximum atomic E-state index is 12.0. The fourth-order valence-electron chi connectivity index (χ4n) is 1.40. The third kappa shape index (κ3) is 4.05. The number of carbonyl (C=O) groups is 1. The number of benzene rings is 1. The lowest BCUT2D eigenvalue weighted by atomic mass is 10.0. The first kappa shape index (κ1) is 15.1. The Morgan fingerprint density at radius 2 is 2.16 bits per heavy atom. The Bertz CT molecular complexity index is 458. The topological polar surface area (TPSA) is 84.6 Å². The molecule has 0 bridgehead atoms. The van der Waals surface area contributed by atoms with Crippen LogP contribution in [0.25, 0.3) is 0 Å². The minimum absolute atomic E-state index is 0.0565. The highest BCUT2D eigenvalue weighted by Crippen LogP contribution is 2.30. The van der Waals surface area contributed by atoms with Gasteiger partial charge in [0.15, 0.2) is 6.10 Å². The van der Waals surface area contributed by atoms with Crippen LogP contribution in [0.1, 0.15) is 34.1 Å². The lowest BCUT2D eigenvalue weighted by Crippen LogP contribution is -2.48. The van der Waals surface area contributed by atoms with Gasteiger partial charge in [-0.25, -0.2) is 0 Å². The third-order valence-corrected chi connectivity index (χ3v) is 3.06. The number of hydrogen-bond donors (Lipinski definition) is 3. The highest BCUT2D eigenvalue weighted by Gasteiger charge is 2.23. The predicted molar refractivity (Wildman–Crippen MR) is 75.1 cm³/mol. The number of carbonyl (C=O) groups excluding carboxylic acids is 1. The van der Waals surface area contributed by atoms with Gasteiger partial charge in [-0.05, 0) is 39.3 Å². The minimum Gasteiger partial charge on any atom is -0.506 e. The third-order valence-electron chi connectivity index (χ3n) is 3.06. The van der Waals surface area contributed by atoms with E-state index < -0.39 is 6.10 Å². The van der Waals surface area contributed by atoms with Crippen molar-refractivity contribution in [2.24, 2.45) is 0 Å². The van der Waals surface area contributed by atoms with Crippen molar-refractivity contribution in [3.63, 3.8) is 0 Å². The molecule has 0 saturated carbocycles. The summed E-state index contributed by atoms with van der Waals surface area (Å²) in [6.07, 6.45) is 0.134. The minimum atomic E-state index is -0.685. The van der Waals surface area contributed by atoms with Gasteiger partial charge in [-0.2, -0.15) is 0 Å². The van der Waals surface area contributed by atoms with Crippen LogP contribution in [0, 0.1) is 0 Å². The second kappa shape index (κ2) is 5.82. The highest BCUT2D eigenvalue weighted by molar-refractivity contribution is 5.81. The van der Waals surface area contributed by atoms with Crippen LogP contribution in [-0.2, 0) is 4.79 Å². The zero-order valence-electron chi connectivity index (χ0n) is 11.9. The van der Waals surface area contributed by atoms with E-state index >= 15 is 0 Å². The molecule has 0 fully saturated rings. The Balaban J connectivity index is 2.72. The molecule has 1 unspecified atom stereocenters. The van der Waals surface area contributed by atoms with Crippen molar-refractivity contribution in [2.75, 3.05) is 5.73 Å². The van der Waals surface area contributed by atoms with Gasteiger partial charge in [0.2, 0.25) is 0 Å². The van der Waals surface area contributed by atoms with Crippen molar-refractivity contribution in [1.29, 1.82) is 0 Å². The molecule has 1 aromatic rings. The van der Waals surface area contributed by atoms with Crippen LogP contribution in [0.5, 0.6) is 11.5 Å². The van der Waals surface area contributed by atoms with Crippen molar-refractivity contribution >= 4 is 11.6 Å². The van der Waals surface area contributed by atoms with Gasteiger partial charge < -0.3 is 20.9 Å². The van der Waals surface area contributed by atoms with Crippen molar-refractivity contribution in [3.05, 3.63) is 18.2 Å². The van der Waals surface area contributed by atoms with E-state index in [0.717, 1.165) is 6.42 Å². The monoisotopic (exact) mass is 266 g/mol. The molecule has 0 spiro atoms. The molecule has 0 aliphatic heterocycles. The normalized spacial score (nSPS) is 12.8. The molecule has 5 heteroatoms. The summed E-state index contributed by atoms with van der Waals surface area (Å²) in [6.45, 7) is 7.53. The van der Waals surface area contributed by atoms with E-state index in [9.17, 15) is 9.90 Å². The molecule has 0 aliphatic carbocycles. The van der Waals surface area contributed by atoms with Gasteiger partial charge in [-0.3, -0.25) is 4.79 Å². The van der Waals surface area contributed by atoms with E-state index in [1.165, 1.54) is 6.07 Å². The van der Waals surface area contributed by atoms with E-state index in [1.54, 1.807) is 19.1 Å². The van der Waals surface area contributed by atoms with Crippen LogP contribution in [0.15, 0.2) is 18.2 Å². The van der Waals surface area contributed by atoms with E-state index in [2.05, 4.69) is 5.32 Å². The average Bonchev–Trinajstić information content (AvgIpc) is 2.34. The Labute approximate surface area is 113 Å². The molecule has 1 rings (SSSR count). The van der Waals surface area contributed by atoms with E-state index in [0.29, 0.717) is 5.75 Å². The van der Waals surface area contributed by atoms with E-state index in [1.807, 2.05) is 20.8 Å². The van der Waals surface area contributed by atoms with Crippen molar-refractivity contribution in [2.45, 2.75) is 45.8 Å². The molecular formula is C14H22N2O3. The number of phenolic OH excluding ortho intramolecular Hbond substituents is 1. The highest BCUT2D eigenvalue weighted by atomic mass is 16.5. The Hall–Kier alpha value is -1.91. The molecule has 106 valence electrons. The molecule has 0 saturated heterocycles. The van der Waals surface area contributed by atoms with Crippen LogP contribution in [0.3, 0.4) is 0 Å². The van der Waals surface area contributed by atoms with Crippen molar-refractivity contribution < 1.29 is 14.6 Å². The number of nitrogens with one attached hydrogen (secondary N) is 1. The number of aromatic hydroxyl groups is 1. The number of nitrogens with two attached hydrogens (primary N) is 1. The molecule has 1 amide bonds. The van der Waals surface area contributed by atoms with Crippen LogP contribution in [0.2, 0.25) is 0 Å². The molecule has 4 N–H and O–H groups in total. The first-order valence-electron chi connectivity index (χ1n) is 6.33. The number of rotatable bonds is 5. The van der Waals surface area contributed by atoms with Gasteiger partial charge >= 0.3 is 0 Å². The largest absolute Gasteiger partial charge is 0.506 e. The summed E-state index contributed by atoms with van der Waals surface area (Å²) < 4.78 is 5.48. The van der Waals surface area contributed by atoms with E-state index in [-0.39, 0.29) is 22.9 Å². The lowest BCUT2D eigenvalue weighted by Gasteiger charge is -2.26. The first-order valence-corrected chi connectivity index (χ1v) is 6.33. The fourth-order valence-corrected chi connectivity index (χ4v) is 1.40. The summed E-state index contributed by atoms with van der Waals surface area (Å²) >= 11 is 0. The summed E-state index contributed by atoms with van der Waals surface area (Å²) in [5.41, 5.74) is 5.54. The maximum Gasteiger partial charge on any atom is 0.261 e. The quantitative estimate of drug-likeness (QED) is 0.562. The molecule has 1 atom stereocenters. The van der Waals surface area contributed by atoms with Gasteiger partial charge in [-0.1, -0.05) is 13.0 Å². The van der Waals surface area contributed by atoms with Crippen molar-refractivity contribution in [1.82, 2.24) is 5.32 Å². The van der Waals surface area contributed by atoms with Crippen LogP contribution in [0.4, 0.5) is 5.69 Å². The zero-order chi connectivity index (χ0) is 14.6. The Morgan fingerprint density at radius 3 is 2.74 bits per heavy atom. The molecular weight excluding hydrogens is 244 g/mol. The van der Waals surface area contributed by atoms with Gasteiger partial charge in [0.05, 0.1) is 0 Å². The first-order chi connectivity index (χ1) is 8.76. The second-order valence-corrected chi connectivity index (χ2v) is 5.18. The Kier molecular flexibility index (Phi) is 4.64. The molecule has 0 aromatic heterocycles. The fraction of sp³-hybridized carbons (Fsp3) is 0.500. The van der Waals surface area contributed by atoms with Crippen LogP contribution < -0.4 is 15.8 Å². The molecule has 1 aromatic carbocycles.